The summed E-state index contributed by atoms with van der Waals surface area (Å²) in [6, 6.07) is 22.1. The van der Waals surface area contributed by atoms with E-state index in [1.165, 1.54) is 35.6 Å². The maximum Gasteiger partial charge on any atom is 0.303 e. The van der Waals surface area contributed by atoms with E-state index in [0.29, 0.717) is 11.8 Å². The minimum atomic E-state index is -0.221. The zero-order valence-corrected chi connectivity index (χ0v) is 19.1. The van der Waals surface area contributed by atoms with E-state index in [-0.39, 0.29) is 17.5 Å². The van der Waals surface area contributed by atoms with E-state index in [9.17, 15) is 4.79 Å². The molecule has 168 valence electrons. The summed E-state index contributed by atoms with van der Waals surface area (Å²) in [4.78, 5) is 18.7. The standard InChI is InChI=1S/C29H30N2O2/c1-20(32)33-28(22-7-6-14-30-18-22)21-12-15-31(16-13-21)19-29-17-25(23-8-2-4-10-26(23)29)24-9-3-5-11-27(24)29/h2-11,14,18,21,25,28H,12-13,15-17,19H2,1H3. The quantitative estimate of drug-likeness (QED) is 0.512. The Labute approximate surface area is 195 Å². The number of carbonyl (C=O) groups excluding carboxylic acids is 1. The first-order chi connectivity index (χ1) is 16.2. The van der Waals surface area contributed by atoms with Gasteiger partial charge in [-0.05, 0) is 60.7 Å². The first-order valence-electron chi connectivity index (χ1n) is 12.1. The minimum Gasteiger partial charge on any atom is -0.457 e. The summed E-state index contributed by atoms with van der Waals surface area (Å²) >= 11 is 0. The van der Waals surface area contributed by atoms with E-state index < -0.39 is 0 Å². The molecule has 1 aromatic heterocycles. The third-order valence-electron chi connectivity index (χ3n) is 8.12. The number of hydrogen-bond donors (Lipinski definition) is 0. The van der Waals surface area contributed by atoms with E-state index in [4.69, 9.17) is 4.74 Å². The SMILES string of the molecule is CC(=O)OC(c1cccnc1)C1CCN(CC23CC(c4ccccc42)c2ccccc23)CC1. The van der Waals surface area contributed by atoms with Gasteiger partial charge < -0.3 is 9.64 Å². The molecule has 2 aliphatic carbocycles. The van der Waals surface area contributed by atoms with Gasteiger partial charge in [0.25, 0.3) is 0 Å². The fourth-order valence-electron chi connectivity index (χ4n) is 6.76. The average Bonchev–Trinajstić information content (AvgIpc) is 3.36. The minimum absolute atomic E-state index is 0.101. The second-order valence-corrected chi connectivity index (χ2v) is 9.94. The molecule has 2 heterocycles. The lowest BCUT2D eigenvalue weighted by atomic mass is 9.74. The smallest absolute Gasteiger partial charge is 0.303 e. The molecular weight excluding hydrogens is 408 g/mol. The number of esters is 1. The van der Waals surface area contributed by atoms with Crippen molar-refractivity contribution in [3.05, 3.63) is 101 Å². The Morgan fingerprint density at radius 3 is 2.30 bits per heavy atom. The summed E-state index contributed by atoms with van der Waals surface area (Å²) in [7, 11) is 0. The normalized spacial score (nSPS) is 24.8. The first-order valence-corrected chi connectivity index (χ1v) is 12.1. The summed E-state index contributed by atoms with van der Waals surface area (Å²) < 4.78 is 5.79. The van der Waals surface area contributed by atoms with Gasteiger partial charge in [0.1, 0.15) is 6.10 Å². The van der Waals surface area contributed by atoms with Crippen LogP contribution < -0.4 is 0 Å². The fourth-order valence-corrected chi connectivity index (χ4v) is 6.76. The molecule has 0 N–H and O–H groups in total. The van der Waals surface area contributed by atoms with E-state index >= 15 is 0 Å². The number of ether oxygens (including phenoxy) is 1. The van der Waals surface area contributed by atoms with Gasteiger partial charge in [0.15, 0.2) is 0 Å². The number of likely N-dealkylation sites (tertiary alicyclic amines) is 1. The Balaban J connectivity index is 1.23. The van der Waals surface area contributed by atoms with E-state index in [0.717, 1.165) is 38.0 Å². The van der Waals surface area contributed by atoms with Crippen LogP contribution in [0.5, 0.6) is 0 Å². The molecule has 3 aliphatic rings. The number of pyridine rings is 1. The van der Waals surface area contributed by atoms with Gasteiger partial charge in [-0.15, -0.1) is 0 Å². The molecule has 2 aromatic carbocycles. The molecule has 4 nitrogen and oxygen atoms in total. The van der Waals surface area contributed by atoms with Gasteiger partial charge in [-0.1, -0.05) is 54.6 Å². The Bertz CT molecular complexity index is 1120. The van der Waals surface area contributed by atoms with Crippen LogP contribution in [0.3, 0.4) is 0 Å². The predicted molar refractivity (Wildman–Crippen MR) is 128 cm³/mol. The van der Waals surface area contributed by atoms with Crippen molar-refractivity contribution in [3.8, 4) is 0 Å². The lowest BCUT2D eigenvalue weighted by Crippen LogP contribution is -2.44. The molecule has 6 rings (SSSR count). The summed E-state index contributed by atoms with van der Waals surface area (Å²) in [6.45, 7) is 4.62. The Morgan fingerprint density at radius 2 is 1.70 bits per heavy atom. The van der Waals surface area contributed by atoms with Crippen LogP contribution >= 0.6 is 0 Å². The largest absolute Gasteiger partial charge is 0.457 e. The zero-order valence-electron chi connectivity index (χ0n) is 19.1. The van der Waals surface area contributed by atoms with E-state index in [1.807, 2.05) is 18.3 Å². The van der Waals surface area contributed by atoms with Crippen molar-refractivity contribution >= 4 is 5.97 Å². The van der Waals surface area contributed by atoms with Crippen LogP contribution in [0.2, 0.25) is 0 Å². The van der Waals surface area contributed by atoms with Crippen molar-refractivity contribution in [3.63, 3.8) is 0 Å². The lowest BCUT2D eigenvalue weighted by Gasteiger charge is -2.41. The third kappa shape index (κ3) is 3.39. The second-order valence-electron chi connectivity index (χ2n) is 9.94. The number of carbonyl (C=O) groups is 1. The number of piperidine rings is 1. The molecule has 1 saturated heterocycles. The summed E-state index contributed by atoms with van der Waals surface area (Å²) in [5, 5.41) is 0. The van der Waals surface area contributed by atoms with Crippen LogP contribution in [0.4, 0.5) is 0 Å². The van der Waals surface area contributed by atoms with Gasteiger partial charge >= 0.3 is 5.97 Å². The van der Waals surface area contributed by atoms with Crippen molar-refractivity contribution < 1.29 is 9.53 Å². The molecule has 0 spiro atoms. The van der Waals surface area contributed by atoms with E-state index in [1.54, 1.807) is 6.20 Å². The Hall–Kier alpha value is -2.98. The zero-order chi connectivity index (χ0) is 22.4. The van der Waals surface area contributed by atoms with Crippen LogP contribution in [-0.4, -0.2) is 35.5 Å². The van der Waals surface area contributed by atoms with Crippen molar-refractivity contribution in [1.82, 2.24) is 9.88 Å². The maximum absolute atomic E-state index is 11.8. The lowest BCUT2D eigenvalue weighted by molar-refractivity contribution is -0.150. The monoisotopic (exact) mass is 438 g/mol. The highest BCUT2D eigenvalue weighted by atomic mass is 16.5. The van der Waals surface area contributed by atoms with Crippen molar-refractivity contribution in [2.24, 2.45) is 5.92 Å². The number of benzene rings is 2. The summed E-state index contributed by atoms with van der Waals surface area (Å²) in [6.07, 6.45) is 6.63. The van der Waals surface area contributed by atoms with Gasteiger partial charge in [0.05, 0.1) is 0 Å². The fraction of sp³-hybridized carbons (Fsp3) is 0.379. The molecule has 1 atom stereocenters. The van der Waals surface area contributed by atoms with Gasteiger partial charge in [-0.25, -0.2) is 0 Å². The highest BCUT2D eigenvalue weighted by molar-refractivity contribution is 5.66. The number of rotatable bonds is 5. The number of aromatic nitrogens is 1. The van der Waals surface area contributed by atoms with Crippen LogP contribution in [-0.2, 0) is 14.9 Å². The van der Waals surface area contributed by atoms with Crippen LogP contribution in [0.25, 0.3) is 0 Å². The highest BCUT2D eigenvalue weighted by Gasteiger charge is 2.53. The molecule has 1 aliphatic heterocycles. The third-order valence-corrected chi connectivity index (χ3v) is 8.12. The molecule has 4 heteroatoms. The van der Waals surface area contributed by atoms with Crippen LogP contribution in [0, 0.1) is 5.92 Å². The maximum atomic E-state index is 11.8. The molecule has 33 heavy (non-hydrogen) atoms. The average molecular weight is 439 g/mol. The molecule has 0 saturated carbocycles. The Kier molecular flexibility index (Phi) is 5.06. The van der Waals surface area contributed by atoms with Gasteiger partial charge in [0.2, 0.25) is 0 Å². The summed E-state index contributed by atoms with van der Waals surface area (Å²) in [5.74, 6) is 0.640. The molecule has 1 fully saturated rings. The molecule has 3 aromatic rings. The van der Waals surface area contributed by atoms with Crippen LogP contribution in [0.1, 0.15) is 66.0 Å². The van der Waals surface area contributed by atoms with Gasteiger partial charge in [0, 0.05) is 48.7 Å². The number of nitrogens with zero attached hydrogens (tertiary/aromatic N) is 2. The Morgan fingerprint density at radius 1 is 1.03 bits per heavy atom. The summed E-state index contributed by atoms with van der Waals surface area (Å²) in [5.41, 5.74) is 7.22. The molecule has 0 amide bonds. The van der Waals surface area contributed by atoms with Crippen molar-refractivity contribution in [2.75, 3.05) is 19.6 Å². The molecule has 1 unspecified atom stereocenters. The van der Waals surface area contributed by atoms with Crippen LogP contribution in [0.15, 0.2) is 73.1 Å². The molecule has 2 bridgehead atoms. The highest BCUT2D eigenvalue weighted by Crippen LogP contribution is 2.60. The molecule has 0 radical (unpaired) electrons. The van der Waals surface area contributed by atoms with Gasteiger partial charge in [-0.2, -0.15) is 0 Å². The van der Waals surface area contributed by atoms with Gasteiger partial charge in [-0.3, -0.25) is 9.78 Å². The molecular formula is C29H30N2O2. The van der Waals surface area contributed by atoms with Crippen molar-refractivity contribution in [1.29, 1.82) is 0 Å². The topological polar surface area (TPSA) is 42.4 Å². The van der Waals surface area contributed by atoms with E-state index in [2.05, 4.69) is 58.4 Å². The number of hydrogen-bond acceptors (Lipinski definition) is 4. The van der Waals surface area contributed by atoms with Crippen molar-refractivity contribution in [2.45, 2.75) is 43.6 Å². The predicted octanol–water partition coefficient (Wildman–Crippen LogP) is 5.23. The number of fused-ring (bicyclic) bond motifs is 8. The second kappa shape index (κ2) is 8.11. The first kappa shape index (κ1) is 20.6.